The van der Waals surface area contributed by atoms with Crippen LogP contribution < -0.4 is 5.48 Å². The van der Waals surface area contributed by atoms with Gasteiger partial charge in [-0.1, -0.05) is 19.8 Å². The fourth-order valence-corrected chi connectivity index (χ4v) is 1.28. The van der Waals surface area contributed by atoms with Crippen molar-refractivity contribution in [3.8, 4) is 0 Å². The Balaban J connectivity index is 2.12. The SMILES string of the molecule is CCCCCNON1C=NC(C)=C(C)C1. The molecule has 1 aliphatic heterocycles. The van der Waals surface area contributed by atoms with E-state index in [1.165, 1.54) is 18.4 Å². The Morgan fingerprint density at radius 3 is 2.93 bits per heavy atom. The Morgan fingerprint density at radius 1 is 1.47 bits per heavy atom. The van der Waals surface area contributed by atoms with Gasteiger partial charge in [-0.3, -0.25) is 0 Å². The zero-order chi connectivity index (χ0) is 11.1. The molecule has 0 aromatic carbocycles. The molecule has 0 unspecified atom stereocenters. The van der Waals surface area contributed by atoms with Gasteiger partial charge in [0.1, 0.15) is 6.34 Å². The highest BCUT2D eigenvalue weighted by Gasteiger charge is 2.08. The van der Waals surface area contributed by atoms with Crippen LogP contribution in [0.2, 0.25) is 0 Å². The van der Waals surface area contributed by atoms with Gasteiger partial charge in [0.15, 0.2) is 0 Å². The minimum atomic E-state index is 0.788. The zero-order valence-corrected chi connectivity index (χ0v) is 9.92. The van der Waals surface area contributed by atoms with Crippen molar-refractivity contribution in [1.82, 2.24) is 10.5 Å². The van der Waals surface area contributed by atoms with Crippen molar-refractivity contribution in [2.75, 3.05) is 13.1 Å². The van der Waals surface area contributed by atoms with E-state index in [-0.39, 0.29) is 0 Å². The van der Waals surface area contributed by atoms with E-state index in [1.54, 1.807) is 11.4 Å². The van der Waals surface area contributed by atoms with Crippen LogP contribution in [0.1, 0.15) is 40.0 Å². The normalized spacial score (nSPS) is 16.3. The van der Waals surface area contributed by atoms with Crippen molar-refractivity contribution in [3.63, 3.8) is 0 Å². The summed E-state index contributed by atoms with van der Waals surface area (Å²) in [5.74, 6) is 0. The molecule has 4 nitrogen and oxygen atoms in total. The Hall–Kier alpha value is -0.870. The summed E-state index contributed by atoms with van der Waals surface area (Å²) in [6.07, 6.45) is 5.33. The molecule has 0 fully saturated rings. The van der Waals surface area contributed by atoms with E-state index in [2.05, 4.69) is 24.3 Å². The third-order valence-corrected chi connectivity index (χ3v) is 2.46. The summed E-state index contributed by atoms with van der Waals surface area (Å²) in [5, 5.41) is 1.72. The van der Waals surface area contributed by atoms with Crippen LogP contribution in [-0.2, 0) is 4.94 Å². The molecule has 15 heavy (non-hydrogen) atoms. The summed E-state index contributed by atoms with van der Waals surface area (Å²) < 4.78 is 0. The van der Waals surface area contributed by atoms with E-state index in [9.17, 15) is 0 Å². The maximum Gasteiger partial charge on any atom is 0.118 e. The first-order valence-corrected chi connectivity index (χ1v) is 5.61. The average Bonchev–Trinajstić information content (AvgIpc) is 2.23. The van der Waals surface area contributed by atoms with Crippen LogP contribution in [0.5, 0.6) is 0 Å². The number of nitrogens with zero attached hydrogens (tertiary/aromatic N) is 2. The molecule has 0 aliphatic carbocycles. The second-order valence-corrected chi connectivity index (χ2v) is 3.88. The number of hydrogen-bond donors (Lipinski definition) is 1. The predicted molar refractivity (Wildman–Crippen MR) is 62.2 cm³/mol. The van der Waals surface area contributed by atoms with E-state index in [0.717, 1.165) is 25.2 Å². The van der Waals surface area contributed by atoms with Crippen molar-refractivity contribution >= 4 is 6.34 Å². The van der Waals surface area contributed by atoms with E-state index >= 15 is 0 Å². The fraction of sp³-hybridized carbons (Fsp3) is 0.727. The van der Waals surface area contributed by atoms with E-state index in [4.69, 9.17) is 4.94 Å². The van der Waals surface area contributed by atoms with Gasteiger partial charge < -0.3 is 0 Å². The molecule has 0 saturated carbocycles. The zero-order valence-electron chi connectivity index (χ0n) is 9.92. The lowest BCUT2D eigenvalue weighted by Gasteiger charge is -2.22. The second kappa shape index (κ2) is 6.58. The molecule has 0 aromatic rings. The first-order valence-electron chi connectivity index (χ1n) is 5.61. The number of hydrogen-bond acceptors (Lipinski definition) is 4. The van der Waals surface area contributed by atoms with Crippen molar-refractivity contribution in [2.24, 2.45) is 4.99 Å². The Kier molecular flexibility index (Phi) is 5.36. The molecule has 1 aliphatic rings. The minimum Gasteiger partial charge on any atom is -0.242 e. The first kappa shape index (κ1) is 12.2. The second-order valence-electron chi connectivity index (χ2n) is 3.88. The summed E-state index contributed by atoms with van der Waals surface area (Å²) in [6, 6.07) is 0. The van der Waals surface area contributed by atoms with E-state index < -0.39 is 0 Å². The minimum absolute atomic E-state index is 0.788. The van der Waals surface area contributed by atoms with Gasteiger partial charge in [-0.05, 0) is 25.8 Å². The standard InChI is InChI=1S/C11H21N3O/c1-4-5-6-7-13-15-14-8-10(2)11(3)12-9-14/h9,13H,4-8H2,1-3H3. The summed E-state index contributed by atoms with van der Waals surface area (Å²) in [4.78, 5) is 9.57. The van der Waals surface area contributed by atoms with Gasteiger partial charge in [-0.25, -0.2) is 10.1 Å². The number of allylic oxidation sites excluding steroid dienone is 1. The molecule has 0 atom stereocenters. The fourth-order valence-electron chi connectivity index (χ4n) is 1.28. The maximum atomic E-state index is 5.35. The highest BCUT2D eigenvalue weighted by molar-refractivity contribution is 5.57. The number of hydroxylamine groups is 3. The third kappa shape index (κ3) is 4.44. The van der Waals surface area contributed by atoms with E-state index in [0.29, 0.717) is 0 Å². The molecule has 0 saturated heterocycles. The van der Waals surface area contributed by atoms with Gasteiger partial charge in [0.05, 0.1) is 6.54 Å². The van der Waals surface area contributed by atoms with Gasteiger partial charge in [0.2, 0.25) is 0 Å². The molecule has 86 valence electrons. The lowest BCUT2D eigenvalue weighted by atomic mass is 10.2. The maximum absolute atomic E-state index is 5.35. The number of nitrogens with one attached hydrogen (secondary N) is 1. The molecule has 0 aromatic heterocycles. The molecular weight excluding hydrogens is 190 g/mol. The Bertz CT molecular complexity index is 248. The van der Waals surface area contributed by atoms with Crippen molar-refractivity contribution in [1.29, 1.82) is 0 Å². The lowest BCUT2D eigenvalue weighted by molar-refractivity contribution is -0.151. The van der Waals surface area contributed by atoms with Gasteiger partial charge in [-0.2, -0.15) is 10.4 Å². The molecular formula is C11H21N3O. The summed E-state index contributed by atoms with van der Waals surface area (Å²) in [7, 11) is 0. The number of unbranched alkanes of at least 4 members (excludes halogenated alkanes) is 2. The average molecular weight is 211 g/mol. The smallest absolute Gasteiger partial charge is 0.118 e. The highest BCUT2D eigenvalue weighted by atomic mass is 16.8. The number of rotatable bonds is 6. The van der Waals surface area contributed by atoms with Crippen molar-refractivity contribution < 1.29 is 4.94 Å². The van der Waals surface area contributed by atoms with Gasteiger partial charge >= 0.3 is 0 Å². The molecule has 0 spiro atoms. The molecule has 1 heterocycles. The molecule has 4 heteroatoms. The summed E-state index contributed by atoms with van der Waals surface area (Å²) in [6.45, 7) is 7.95. The van der Waals surface area contributed by atoms with Crippen LogP contribution in [0.3, 0.4) is 0 Å². The quantitative estimate of drug-likeness (QED) is 0.541. The summed E-state index contributed by atoms with van der Waals surface area (Å²) >= 11 is 0. The third-order valence-electron chi connectivity index (χ3n) is 2.46. The Morgan fingerprint density at radius 2 is 2.27 bits per heavy atom. The molecule has 1 rings (SSSR count). The van der Waals surface area contributed by atoms with Gasteiger partial charge in [0, 0.05) is 12.2 Å². The van der Waals surface area contributed by atoms with Crippen molar-refractivity contribution in [2.45, 2.75) is 40.0 Å². The van der Waals surface area contributed by atoms with Crippen LogP contribution in [0.4, 0.5) is 0 Å². The van der Waals surface area contributed by atoms with E-state index in [1.807, 2.05) is 6.92 Å². The lowest BCUT2D eigenvalue weighted by Crippen LogP contribution is -2.34. The van der Waals surface area contributed by atoms with Crippen LogP contribution in [-0.4, -0.2) is 24.5 Å². The van der Waals surface area contributed by atoms with Gasteiger partial charge in [-0.15, -0.1) is 0 Å². The topological polar surface area (TPSA) is 36.9 Å². The van der Waals surface area contributed by atoms with Crippen LogP contribution in [0, 0.1) is 0 Å². The molecule has 1 N–H and O–H groups in total. The molecule has 0 radical (unpaired) electrons. The predicted octanol–water partition coefficient (Wildman–Crippen LogP) is 2.25. The van der Waals surface area contributed by atoms with Crippen LogP contribution in [0.25, 0.3) is 0 Å². The Labute approximate surface area is 91.9 Å². The molecule has 0 bridgehead atoms. The first-order chi connectivity index (χ1) is 7.24. The van der Waals surface area contributed by atoms with Gasteiger partial charge in [0.25, 0.3) is 0 Å². The van der Waals surface area contributed by atoms with Crippen molar-refractivity contribution in [3.05, 3.63) is 11.3 Å². The largest absolute Gasteiger partial charge is 0.242 e. The highest BCUT2D eigenvalue weighted by Crippen LogP contribution is 2.10. The van der Waals surface area contributed by atoms with Crippen LogP contribution >= 0.6 is 0 Å². The number of aliphatic imine (C=N–C) groups is 1. The monoisotopic (exact) mass is 211 g/mol. The summed E-state index contributed by atoms with van der Waals surface area (Å²) in [5.41, 5.74) is 5.26. The van der Waals surface area contributed by atoms with Crippen LogP contribution in [0.15, 0.2) is 16.3 Å². The molecule has 0 amide bonds.